The standard InChI is InChI=1S/C22H19N3O4/c1-14-4-3-5-19(10-14)25-21(27)17-11-16(12-23-13-17)20(26)24-18-8-6-15(7-9-18)22(28)29-2/h3-13H,1-2H3,(H,24,26)(H,25,27). The lowest BCUT2D eigenvalue weighted by Crippen LogP contribution is -2.16. The zero-order valence-corrected chi connectivity index (χ0v) is 15.9. The molecular weight excluding hydrogens is 370 g/mol. The second-order valence-electron chi connectivity index (χ2n) is 6.31. The number of pyridine rings is 1. The van der Waals surface area contributed by atoms with E-state index in [9.17, 15) is 14.4 Å². The summed E-state index contributed by atoms with van der Waals surface area (Å²) in [7, 11) is 1.30. The number of rotatable bonds is 5. The molecule has 1 aromatic heterocycles. The number of amides is 2. The van der Waals surface area contributed by atoms with Crippen LogP contribution in [0.25, 0.3) is 0 Å². The maximum atomic E-state index is 12.5. The predicted molar refractivity (Wildman–Crippen MR) is 109 cm³/mol. The third kappa shape index (κ3) is 5.04. The van der Waals surface area contributed by atoms with Gasteiger partial charge >= 0.3 is 5.97 Å². The highest BCUT2D eigenvalue weighted by molar-refractivity contribution is 6.08. The number of aromatic nitrogens is 1. The SMILES string of the molecule is COC(=O)c1ccc(NC(=O)c2cncc(C(=O)Nc3cccc(C)c3)c2)cc1. The van der Waals surface area contributed by atoms with Crippen LogP contribution in [0.5, 0.6) is 0 Å². The molecule has 0 fully saturated rings. The van der Waals surface area contributed by atoms with Crippen LogP contribution in [0.1, 0.15) is 36.6 Å². The van der Waals surface area contributed by atoms with Crippen molar-refractivity contribution in [2.24, 2.45) is 0 Å². The van der Waals surface area contributed by atoms with Crippen LogP contribution >= 0.6 is 0 Å². The number of methoxy groups -OCH3 is 1. The fraction of sp³-hybridized carbons (Fsp3) is 0.0909. The van der Waals surface area contributed by atoms with Gasteiger partial charge in [-0.25, -0.2) is 4.79 Å². The highest BCUT2D eigenvalue weighted by atomic mass is 16.5. The van der Waals surface area contributed by atoms with Gasteiger partial charge in [0.05, 0.1) is 23.8 Å². The molecule has 29 heavy (non-hydrogen) atoms. The first kappa shape index (κ1) is 19.8. The first-order valence-corrected chi connectivity index (χ1v) is 8.79. The van der Waals surface area contributed by atoms with E-state index in [0.717, 1.165) is 5.56 Å². The minimum absolute atomic E-state index is 0.235. The van der Waals surface area contributed by atoms with E-state index in [1.54, 1.807) is 30.3 Å². The van der Waals surface area contributed by atoms with Gasteiger partial charge in [0.15, 0.2) is 0 Å². The number of ether oxygens (including phenoxy) is 1. The summed E-state index contributed by atoms with van der Waals surface area (Å²) < 4.78 is 4.64. The summed E-state index contributed by atoms with van der Waals surface area (Å²) in [4.78, 5) is 40.4. The van der Waals surface area contributed by atoms with Gasteiger partial charge in [-0.1, -0.05) is 12.1 Å². The van der Waals surface area contributed by atoms with Gasteiger partial charge in [0.2, 0.25) is 0 Å². The Kier molecular flexibility index (Phi) is 5.99. The number of nitrogens with zero attached hydrogens (tertiary/aromatic N) is 1. The third-order valence-corrected chi connectivity index (χ3v) is 4.10. The maximum Gasteiger partial charge on any atom is 0.337 e. The zero-order chi connectivity index (χ0) is 20.8. The summed E-state index contributed by atoms with van der Waals surface area (Å²) in [5, 5.41) is 5.49. The van der Waals surface area contributed by atoms with Crippen LogP contribution < -0.4 is 10.6 Å². The lowest BCUT2D eigenvalue weighted by atomic mass is 10.1. The molecular formula is C22H19N3O4. The maximum absolute atomic E-state index is 12.5. The van der Waals surface area contributed by atoms with Gasteiger partial charge in [-0.05, 0) is 55.0 Å². The molecule has 0 aliphatic heterocycles. The first-order valence-electron chi connectivity index (χ1n) is 8.79. The van der Waals surface area contributed by atoms with E-state index >= 15 is 0 Å². The normalized spacial score (nSPS) is 10.1. The Balaban J connectivity index is 1.70. The number of carbonyl (C=O) groups is 3. The van der Waals surface area contributed by atoms with Crippen LogP contribution in [0.15, 0.2) is 67.0 Å². The largest absolute Gasteiger partial charge is 0.465 e. The Bertz CT molecular complexity index is 1060. The fourth-order valence-electron chi connectivity index (χ4n) is 2.63. The van der Waals surface area contributed by atoms with Gasteiger partial charge in [0.1, 0.15) is 0 Å². The van der Waals surface area contributed by atoms with Crippen molar-refractivity contribution < 1.29 is 19.1 Å². The monoisotopic (exact) mass is 389 g/mol. The number of hydrogen-bond donors (Lipinski definition) is 2. The number of nitrogens with one attached hydrogen (secondary N) is 2. The van der Waals surface area contributed by atoms with Crippen LogP contribution in [0.4, 0.5) is 11.4 Å². The molecule has 1 heterocycles. The first-order chi connectivity index (χ1) is 14.0. The number of esters is 1. The van der Waals surface area contributed by atoms with Gasteiger partial charge in [-0.3, -0.25) is 14.6 Å². The van der Waals surface area contributed by atoms with Gasteiger partial charge in [-0.2, -0.15) is 0 Å². The number of aryl methyl sites for hydroxylation is 1. The van der Waals surface area contributed by atoms with Crippen molar-refractivity contribution in [3.8, 4) is 0 Å². The molecule has 7 heteroatoms. The molecule has 0 saturated carbocycles. The van der Waals surface area contributed by atoms with Crippen LogP contribution in [0.3, 0.4) is 0 Å². The molecule has 0 radical (unpaired) electrons. The topological polar surface area (TPSA) is 97.4 Å². The summed E-state index contributed by atoms with van der Waals surface area (Å²) in [6.07, 6.45) is 2.77. The molecule has 0 aliphatic carbocycles. The van der Waals surface area contributed by atoms with Crippen molar-refractivity contribution in [2.45, 2.75) is 6.92 Å². The smallest absolute Gasteiger partial charge is 0.337 e. The van der Waals surface area contributed by atoms with E-state index in [4.69, 9.17) is 0 Å². The van der Waals surface area contributed by atoms with Gasteiger partial charge < -0.3 is 15.4 Å². The number of hydrogen-bond acceptors (Lipinski definition) is 5. The third-order valence-electron chi connectivity index (χ3n) is 4.10. The Morgan fingerprint density at radius 1 is 0.793 bits per heavy atom. The van der Waals surface area contributed by atoms with Gasteiger partial charge in [0, 0.05) is 23.8 Å². The lowest BCUT2D eigenvalue weighted by Gasteiger charge is -2.08. The molecule has 146 valence electrons. The summed E-state index contributed by atoms with van der Waals surface area (Å²) >= 11 is 0. The quantitative estimate of drug-likeness (QED) is 0.649. The number of anilines is 2. The Morgan fingerprint density at radius 2 is 1.41 bits per heavy atom. The average molecular weight is 389 g/mol. The van der Waals surface area contributed by atoms with Crippen molar-refractivity contribution in [1.82, 2.24) is 4.98 Å². The molecule has 0 bridgehead atoms. The summed E-state index contributed by atoms with van der Waals surface area (Å²) in [5.41, 5.74) is 3.06. The van der Waals surface area contributed by atoms with E-state index in [2.05, 4.69) is 20.4 Å². The number of benzene rings is 2. The summed E-state index contributed by atoms with van der Waals surface area (Å²) in [5.74, 6) is -1.24. The molecule has 2 aromatic carbocycles. The lowest BCUT2D eigenvalue weighted by molar-refractivity contribution is 0.0600. The van der Waals surface area contributed by atoms with Crippen molar-refractivity contribution in [2.75, 3.05) is 17.7 Å². The second kappa shape index (κ2) is 8.79. The predicted octanol–water partition coefficient (Wildman–Crippen LogP) is 3.68. The van der Waals surface area contributed by atoms with Gasteiger partial charge in [-0.15, -0.1) is 0 Å². The highest BCUT2D eigenvalue weighted by Gasteiger charge is 2.13. The van der Waals surface area contributed by atoms with Crippen molar-refractivity contribution >= 4 is 29.2 Å². The van der Waals surface area contributed by atoms with Crippen molar-refractivity contribution in [3.63, 3.8) is 0 Å². The van der Waals surface area contributed by atoms with E-state index in [0.29, 0.717) is 16.9 Å². The van der Waals surface area contributed by atoms with E-state index < -0.39 is 11.9 Å². The Morgan fingerprint density at radius 3 is 2.00 bits per heavy atom. The molecule has 0 atom stereocenters. The minimum atomic E-state index is -0.459. The van der Waals surface area contributed by atoms with E-state index in [-0.39, 0.29) is 17.0 Å². The molecule has 2 amide bonds. The van der Waals surface area contributed by atoms with Crippen molar-refractivity contribution in [3.05, 3.63) is 89.2 Å². The van der Waals surface area contributed by atoms with Crippen LogP contribution in [0.2, 0.25) is 0 Å². The van der Waals surface area contributed by atoms with Crippen LogP contribution in [-0.4, -0.2) is 29.9 Å². The van der Waals surface area contributed by atoms with E-state index in [1.807, 2.05) is 25.1 Å². The van der Waals surface area contributed by atoms with Gasteiger partial charge in [0.25, 0.3) is 11.8 Å². The highest BCUT2D eigenvalue weighted by Crippen LogP contribution is 2.14. The molecule has 0 aliphatic rings. The average Bonchev–Trinajstić information content (AvgIpc) is 2.74. The molecule has 2 N–H and O–H groups in total. The van der Waals surface area contributed by atoms with Crippen LogP contribution in [-0.2, 0) is 4.74 Å². The molecule has 7 nitrogen and oxygen atoms in total. The molecule has 3 aromatic rings. The molecule has 0 unspecified atom stereocenters. The Hall–Kier alpha value is -4.00. The van der Waals surface area contributed by atoms with Crippen LogP contribution in [0, 0.1) is 6.92 Å². The molecule has 0 spiro atoms. The van der Waals surface area contributed by atoms with E-state index in [1.165, 1.54) is 25.6 Å². The zero-order valence-electron chi connectivity index (χ0n) is 15.9. The number of carbonyl (C=O) groups excluding carboxylic acids is 3. The van der Waals surface area contributed by atoms with Crippen molar-refractivity contribution in [1.29, 1.82) is 0 Å². The summed E-state index contributed by atoms with van der Waals surface area (Å²) in [6, 6.07) is 15.1. The second-order valence-corrected chi connectivity index (χ2v) is 6.31. The molecule has 3 rings (SSSR count). The Labute approximate surface area is 167 Å². The summed E-state index contributed by atoms with van der Waals surface area (Å²) in [6.45, 7) is 1.93. The minimum Gasteiger partial charge on any atom is -0.465 e. The molecule has 0 saturated heterocycles. The fourth-order valence-corrected chi connectivity index (χ4v) is 2.63.